The van der Waals surface area contributed by atoms with Gasteiger partial charge in [-0.15, -0.1) is 0 Å². The summed E-state index contributed by atoms with van der Waals surface area (Å²) in [5, 5.41) is 3.23. The van der Waals surface area contributed by atoms with Crippen LogP contribution in [0.2, 0.25) is 5.02 Å². The average molecular weight is 283 g/mol. The molecule has 0 aromatic heterocycles. The Balaban J connectivity index is 1.74. The van der Waals surface area contributed by atoms with Crippen molar-refractivity contribution in [2.75, 3.05) is 18.5 Å². The van der Waals surface area contributed by atoms with Crippen molar-refractivity contribution in [3.05, 3.63) is 29.3 Å². The van der Waals surface area contributed by atoms with Crippen molar-refractivity contribution in [1.29, 1.82) is 0 Å². The van der Waals surface area contributed by atoms with Gasteiger partial charge in [0.2, 0.25) is 5.91 Å². The molecule has 104 valence electrons. The number of halogens is 1. The lowest BCUT2D eigenvalue weighted by atomic mass is 10.0. The summed E-state index contributed by atoms with van der Waals surface area (Å²) in [6, 6.07) is 7.11. The van der Waals surface area contributed by atoms with E-state index in [-0.39, 0.29) is 18.1 Å². The molecule has 2 rings (SSSR count). The minimum absolute atomic E-state index is 0.00414. The van der Waals surface area contributed by atoms with Crippen molar-refractivity contribution >= 4 is 23.2 Å². The standard InChI is InChI=1S/C14H19ClN2O2/c15-11-5-1-2-6-12(11)17-13(18)9-19-10-14(16)7-3-4-8-14/h1-2,5-6H,3-4,7-10,16H2,(H,17,18). The molecule has 0 heterocycles. The molecular weight excluding hydrogens is 264 g/mol. The fourth-order valence-electron chi connectivity index (χ4n) is 2.32. The molecule has 5 heteroatoms. The van der Waals surface area contributed by atoms with Crippen molar-refractivity contribution in [3.8, 4) is 0 Å². The maximum atomic E-state index is 11.7. The smallest absolute Gasteiger partial charge is 0.250 e. The van der Waals surface area contributed by atoms with Crippen LogP contribution in [0.3, 0.4) is 0 Å². The number of anilines is 1. The highest BCUT2D eigenvalue weighted by Crippen LogP contribution is 2.27. The predicted octanol–water partition coefficient (Wildman–Crippen LogP) is 2.57. The number of carbonyl (C=O) groups is 1. The van der Waals surface area contributed by atoms with Crippen LogP contribution in [0.1, 0.15) is 25.7 Å². The fraction of sp³-hybridized carbons (Fsp3) is 0.500. The molecule has 1 fully saturated rings. The monoisotopic (exact) mass is 282 g/mol. The first-order chi connectivity index (χ1) is 9.09. The largest absolute Gasteiger partial charge is 0.370 e. The van der Waals surface area contributed by atoms with Gasteiger partial charge in [0.25, 0.3) is 0 Å². The number of para-hydroxylation sites is 1. The summed E-state index contributed by atoms with van der Waals surface area (Å²) >= 11 is 5.95. The maximum absolute atomic E-state index is 11.7. The van der Waals surface area contributed by atoms with E-state index in [4.69, 9.17) is 22.1 Å². The van der Waals surface area contributed by atoms with E-state index in [9.17, 15) is 4.79 Å². The first-order valence-corrected chi connectivity index (χ1v) is 6.88. The van der Waals surface area contributed by atoms with E-state index in [0.29, 0.717) is 17.3 Å². The van der Waals surface area contributed by atoms with Gasteiger partial charge < -0.3 is 15.8 Å². The average Bonchev–Trinajstić information content (AvgIpc) is 2.79. The molecule has 0 spiro atoms. The molecule has 4 nitrogen and oxygen atoms in total. The van der Waals surface area contributed by atoms with E-state index in [0.717, 1.165) is 25.7 Å². The Morgan fingerprint density at radius 2 is 2.05 bits per heavy atom. The molecule has 0 radical (unpaired) electrons. The number of amides is 1. The van der Waals surface area contributed by atoms with Crippen molar-refractivity contribution < 1.29 is 9.53 Å². The van der Waals surface area contributed by atoms with Crippen molar-refractivity contribution in [2.24, 2.45) is 5.73 Å². The van der Waals surface area contributed by atoms with Crippen molar-refractivity contribution in [1.82, 2.24) is 0 Å². The molecule has 1 aliphatic rings. The van der Waals surface area contributed by atoms with E-state index >= 15 is 0 Å². The molecule has 1 saturated carbocycles. The SMILES string of the molecule is NC1(COCC(=O)Nc2ccccc2Cl)CCCC1. The van der Waals surface area contributed by atoms with Crippen LogP contribution >= 0.6 is 11.6 Å². The molecule has 0 unspecified atom stereocenters. The second-order valence-corrected chi connectivity index (χ2v) is 5.50. The molecule has 1 aromatic carbocycles. The van der Waals surface area contributed by atoms with E-state index in [1.807, 2.05) is 12.1 Å². The minimum atomic E-state index is -0.245. The second kappa shape index (κ2) is 6.37. The molecule has 3 N–H and O–H groups in total. The van der Waals surface area contributed by atoms with Gasteiger partial charge in [0.1, 0.15) is 6.61 Å². The summed E-state index contributed by atoms with van der Waals surface area (Å²) in [7, 11) is 0. The van der Waals surface area contributed by atoms with Crippen molar-refractivity contribution in [3.63, 3.8) is 0 Å². The Hall–Kier alpha value is -1.10. The summed E-state index contributed by atoms with van der Waals surface area (Å²) in [5.41, 5.74) is 6.50. The van der Waals surface area contributed by atoms with Gasteiger partial charge in [-0.1, -0.05) is 36.6 Å². The van der Waals surface area contributed by atoms with E-state index < -0.39 is 0 Å². The van der Waals surface area contributed by atoms with Gasteiger partial charge in [-0.3, -0.25) is 4.79 Å². The number of nitrogens with one attached hydrogen (secondary N) is 1. The zero-order valence-electron chi connectivity index (χ0n) is 10.8. The topological polar surface area (TPSA) is 64.3 Å². The molecule has 0 atom stereocenters. The number of hydrogen-bond donors (Lipinski definition) is 2. The summed E-state index contributed by atoms with van der Waals surface area (Å²) in [5.74, 6) is -0.213. The third kappa shape index (κ3) is 4.20. The van der Waals surface area contributed by atoms with Crippen LogP contribution in [0.5, 0.6) is 0 Å². The molecular formula is C14H19ClN2O2. The number of carbonyl (C=O) groups excluding carboxylic acids is 1. The summed E-state index contributed by atoms with van der Waals surface area (Å²) in [6.07, 6.45) is 4.23. The van der Waals surface area contributed by atoms with Crippen LogP contribution in [-0.4, -0.2) is 24.7 Å². The second-order valence-electron chi connectivity index (χ2n) is 5.09. The lowest BCUT2D eigenvalue weighted by molar-refractivity contribution is -0.121. The Morgan fingerprint density at radius 1 is 1.37 bits per heavy atom. The van der Waals surface area contributed by atoms with Gasteiger partial charge in [-0.25, -0.2) is 0 Å². The summed E-state index contributed by atoms with van der Waals surface area (Å²) in [6.45, 7) is 0.438. The zero-order chi connectivity index (χ0) is 13.7. The van der Waals surface area contributed by atoms with Gasteiger partial charge >= 0.3 is 0 Å². The highest BCUT2D eigenvalue weighted by Gasteiger charge is 2.29. The van der Waals surface area contributed by atoms with Crippen molar-refractivity contribution in [2.45, 2.75) is 31.2 Å². The van der Waals surface area contributed by atoms with Crippen LogP contribution in [0.15, 0.2) is 24.3 Å². The predicted molar refractivity (Wildman–Crippen MR) is 76.3 cm³/mol. The number of rotatable bonds is 5. The molecule has 0 aliphatic heterocycles. The van der Waals surface area contributed by atoms with E-state index in [2.05, 4.69) is 5.32 Å². The highest BCUT2D eigenvalue weighted by atomic mass is 35.5. The first-order valence-electron chi connectivity index (χ1n) is 6.50. The molecule has 0 saturated heterocycles. The van der Waals surface area contributed by atoms with Gasteiger partial charge in [0, 0.05) is 5.54 Å². The van der Waals surface area contributed by atoms with Crippen LogP contribution in [0.25, 0.3) is 0 Å². The normalized spacial score (nSPS) is 17.4. The third-order valence-electron chi connectivity index (χ3n) is 3.37. The van der Waals surface area contributed by atoms with Crippen LogP contribution < -0.4 is 11.1 Å². The van der Waals surface area contributed by atoms with E-state index in [1.54, 1.807) is 12.1 Å². The molecule has 0 bridgehead atoms. The Kier molecular flexibility index (Phi) is 4.80. The van der Waals surface area contributed by atoms with Gasteiger partial charge in [-0.2, -0.15) is 0 Å². The van der Waals surface area contributed by atoms with Crippen LogP contribution in [0, 0.1) is 0 Å². The summed E-state index contributed by atoms with van der Waals surface area (Å²) in [4.78, 5) is 11.7. The molecule has 1 amide bonds. The zero-order valence-corrected chi connectivity index (χ0v) is 11.6. The molecule has 1 aliphatic carbocycles. The first kappa shape index (κ1) is 14.3. The number of ether oxygens (including phenoxy) is 1. The summed E-state index contributed by atoms with van der Waals surface area (Å²) < 4.78 is 5.41. The third-order valence-corrected chi connectivity index (χ3v) is 3.70. The quantitative estimate of drug-likeness (QED) is 0.872. The van der Waals surface area contributed by atoms with Crippen LogP contribution in [-0.2, 0) is 9.53 Å². The molecule has 19 heavy (non-hydrogen) atoms. The Labute approximate surface area is 118 Å². The molecule has 1 aromatic rings. The fourth-order valence-corrected chi connectivity index (χ4v) is 2.50. The van der Waals surface area contributed by atoms with Gasteiger partial charge in [0.15, 0.2) is 0 Å². The highest BCUT2D eigenvalue weighted by molar-refractivity contribution is 6.33. The number of benzene rings is 1. The Morgan fingerprint density at radius 3 is 2.74 bits per heavy atom. The van der Waals surface area contributed by atoms with E-state index in [1.165, 1.54) is 0 Å². The maximum Gasteiger partial charge on any atom is 0.250 e. The lowest BCUT2D eigenvalue weighted by Crippen LogP contribution is -2.42. The lowest BCUT2D eigenvalue weighted by Gasteiger charge is -2.22. The Bertz CT molecular complexity index is 445. The number of hydrogen-bond acceptors (Lipinski definition) is 3. The number of nitrogens with two attached hydrogens (primary N) is 1. The van der Waals surface area contributed by atoms with Gasteiger partial charge in [-0.05, 0) is 25.0 Å². The van der Waals surface area contributed by atoms with Gasteiger partial charge in [0.05, 0.1) is 17.3 Å². The van der Waals surface area contributed by atoms with Crippen LogP contribution in [0.4, 0.5) is 5.69 Å². The minimum Gasteiger partial charge on any atom is -0.370 e.